The fourth-order valence-electron chi connectivity index (χ4n) is 10.3. The van der Waals surface area contributed by atoms with Crippen molar-refractivity contribution in [2.24, 2.45) is 0 Å². The fourth-order valence-corrected chi connectivity index (χ4v) is 15.1. The Hall–Kier alpha value is -7.98. The van der Waals surface area contributed by atoms with E-state index in [0.717, 1.165) is 11.4 Å². The minimum absolute atomic E-state index is 1.13. The molecule has 12 rings (SSSR count). The highest BCUT2D eigenvalue weighted by molar-refractivity contribution is 7.20. The predicted molar refractivity (Wildman–Crippen MR) is 270 cm³/mol. The van der Waals surface area contributed by atoms with Crippen molar-refractivity contribution in [3.63, 3.8) is 0 Å². The van der Waals surface area contributed by atoms with E-state index in [9.17, 15) is 0 Å². The smallest absolute Gasteiger partial charge is 0.179 e. The average molecular weight is 819 g/mol. The minimum atomic E-state index is -2.80. The summed E-state index contributed by atoms with van der Waals surface area (Å²) < 4.78 is 5.02. The molecule has 10 aromatic carbocycles. The summed E-state index contributed by atoms with van der Waals surface area (Å²) in [6.07, 6.45) is 0. The number of hydrogen-bond acceptors (Lipinski definition) is 0. The summed E-state index contributed by atoms with van der Waals surface area (Å²) in [5.41, 5.74) is 11.8. The van der Waals surface area contributed by atoms with Gasteiger partial charge in [0.1, 0.15) is 0 Å². The number of aromatic nitrogens is 2. The highest BCUT2D eigenvalue weighted by Crippen LogP contribution is 2.41. The van der Waals surface area contributed by atoms with Crippen molar-refractivity contribution in [3.8, 4) is 33.6 Å². The number of para-hydroxylation sites is 2. The molecule has 0 spiro atoms. The lowest BCUT2D eigenvalue weighted by Gasteiger charge is -2.34. The van der Waals surface area contributed by atoms with Gasteiger partial charge in [-0.3, -0.25) is 0 Å². The standard InChI is InChI=1S/C60H42N2Si/c1-6-20-43(21-7-1)45-24-18-25-47(40-45)61-56-34-17-16-32-52(56)54-33-19-35-58(60(54)61)62-57-39-37-51(42-55(57)53-38-36-46(41-59(53)62)44-22-8-2-9-23-44)63(48-26-10-3-11-27-48,49-28-12-4-13-29-49)50-30-14-5-15-31-50/h1-42H. The predicted octanol–water partition coefficient (Wildman–Crippen LogP) is 12.6. The maximum atomic E-state index is 2.54. The van der Waals surface area contributed by atoms with Gasteiger partial charge in [-0.15, -0.1) is 0 Å². The van der Waals surface area contributed by atoms with Crippen LogP contribution in [0.5, 0.6) is 0 Å². The molecule has 0 radical (unpaired) electrons. The molecule has 0 aliphatic rings. The molecular formula is C60H42N2Si. The van der Waals surface area contributed by atoms with Crippen LogP contribution >= 0.6 is 0 Å². The molecule has 0 aliphatic heterocycles. The molecule has 2 nitrogen and oxygen atoms in total. The minimum Gasteiger partial charge on any atom is -0.307 e. The van der Waals surface area contributed by atoms with Crippen molar-refractivity contribution < 1.29 is 0 Å². The zero-order valence-electron chi connectivity index (χ0n) is 34.6. The van der Waals surface area contributed by atoms with Crippen molar-refractivity contribution in [2.45, 2.75) is 0 Å². The summed E-state index contributed by atoms with van der Waals surface area (Å²) in [5, 5.41) is 10.4. The van der Waals surface area contributed by atoms with Crippen LogP contribution in [0.4, 0.5) is 0 Å². The van der Waals surface area contributed by atoms with Crippen LogP contribution in [0.3, 0.4) is 0 Å². The van der Waals surface area contributed by atoms with Crippen molar-refractivity contribution >= 4 is 72.4 Å². The van der Waals surface area contributed by atoms with Gasteiger partial charge in [0.2, 0.25) is 0 Å². The Morgan fingerprint density at radius 1 is 0.254 bits per heavy atom. The van der Waals surface area contributed by atoms with Gasteiger partial charge in [-0.2, -0.15) is 0 Å². The van der Waals surface area contributed by atoms with E-state index in [1.54, 1.807) is 0 Å². The van der Waals surface area contributed by atoms with Gasteiger partial charge in [0.25, 0.3) is 0 Å². The molecule has 2 heterocycles. The van der Waals surface area contributed by atoms with Crippen LogP contribution in [0.1, 0.15) is 0 Å². The third-order valence-electron chi connectivity index (χ3n) is 13.1. The fraction of sp³-hybridized carbons (Fsp3) is 0. The third kappa shape index (κ3) is 5.93. The van der Waals surface area contributed by atoms with E-state index >= 15 is 0 Å². The normalized spacial score (nSPS) is 11.8. The van der Waals surface area contributed by atoms with Gasteiger partial charge in [0.05, 0.1) is 27.8 Å². The summed E-state index contributed by atoms with van der Waals surface area (Å²) in [6, 6.07) is 94.3. The van der Waals surface area contributed by atoms with Crippen molar-refractivity contribution in [1.82, 2.24) is 9.13 Å². The summed E-state index contributed by atoms with van der Waals surface area (Å²) in [4.78, 5) is 0. The first kappa shape index (κ1) is 36.8. The Morgan fingerprint density at radius 3 is 1.38 bits per heavy atom. The van der Waals surface area contributed by atoms with E-state index in [2.05, 4.69) is 264 Å². The Bertz CT molecular complexity index is 3500. The Morgan fingerprint density at radius 2 is 0.746 bits per heavy atom. The highest BCUT2D eigenvalue weighted by Gasteiger charge is 2.41. The second kappa shape index (κ2) is 15.2. The Labute approximate surface area is 368 Å². The lowest BCUT2D eigenvalue weighted by atomic mass is 10.0. The number of hydrogen-bond donors (Lipinski definition) is 0. The molecule has 0 aliphatic carbocycles. The topological polar surface area (TPSA) is 9.86 Å². The summed E-state index contributed by atoms with van der Waals surface area (Å²) in [7, 11) is -2.80. The molecule has 296 valence electrons. The van der Waals surface area contributed by atoms with Crippen molar-refractivity contribution in [3.05, 3.63) is 255 Å². The second-order valence-corrected chi connectivity index (χ2v) is 20.3. The van der Waals surface area contributed by atoms with Crippen molar-refractivity contribution in [2.75, 3.05) is 0 Å². The van der Waals surface area contributed by atoms with Crippen LogP contribution in [-0.2, 0) is 0 Å². The van der Waals surface area contributed by atoms with Crippen LogP contribution in [0, 0.1) is 0 Å². The van der Waals surface area contributed by atoms with E-state index in [0.29, 0.717) is 0 Å². The number of benzene rings is 10. The average Bonchev–Trinajstić information content (AvgIpc) is 3.88. The largest absolute Gasteiger partial charge is 0.307 e. The van der Waals surface area contributed by atoms with E-state index in [-0.39, 0.29) is 0 Å². The zero-order valence-corrected chi connectivity index (χ0v) is 35.6. The molecule has 0 atom stereocenters. The van der Waals surface area contributed by atoms with Gasteiger partial charge in [0.15, 0.2) is 8.07 Å². The molecule has 0 saturated carbocycles. The molecule has 0 fully saturated rings. The maximum absolute atomic E-state index is 2.80. The Balaban J connectivity index is 1.19. The number of rotatable bonds is 8. The first-order valence-corrected chi connectivity index (χ1v) is 23.8. The third-order valence-corrected chi connectivity index (χ3v) is 17.8. The first-order chi connectivity index (χ1) is 31.3. The van der Waals surface area contributed by atoms with Crippen LogP contribution in [0.15, 0.2) is 255 Å². The van der Waals surface area contributed by atoms with Gasteiger partial charge in [-0.1, -0.05) is 218 Å². The van der Waals surface area contributed by atoms with Gasteiger partial charge >= 0.3 is 0 Å². The number of fused-ring (bicyclic) bond motifs is 6. The van der Waals surface area contributed by atoms with Gasteiger partial charge < -0.3 is 9.13 Å². The van der Waals surface area contributed by atoms with Crippen LogP contribution in [0.25, 0.3) is 77.2 Å². The molecule has 63 heavy (non-hydrogen) atoms. The molecule has 12 aromatic rings. The molecule has 0 saturated heterocycles. The quantitative estimate of drug-likeness (QED) is 0.107. The van der Waals surface area contributed by atoms with Gasteiger partial charge in [-0.05, 0) is 79.4 Å². The summed E-state index contributed by atoms with van der Waals surface area (Å²) in [5.74, 6) is 0. The SMILES string of the molecule is c1ccc(-c2cccc(-n3c4ccccc4c4cccc(-n5c6ccc([Si](c7ccccc7)(c7ccccc7)c7ccccc7)cc6c6ccc(-c7ccccc7)cc65)c43)c2)cc1. The van der Waals surface area contributed by atoms with E-state index < -0.39 is 8.07 Å². The molecule has 3 heteroatoms. The van der Waals surface area contributed by atoms with E-state index in [1.807, 2.05) is 0 Å². The van der Waals surface area contributed by atoms with Crippen LogP contribution in [-0.4, -0.2) is 17.2 Å². The van der Waals surface area contributed by atoms with Gasteiger partial charge in [0, 0.05) is 27.2 Å². The zero-order chi connectivity index (χ0) is 41.7. The van der Waals surface area contributed by atoms with Crippen LogP contribution < -0.4 is 20.7 Å². The van der Waals surface area contributed by atoms with E-state index in [1.165, 1.54) is 86.6 Å². The van der Waals surface area contributed by atoms with E-state index in [4.69, 9.17) is 0 Å². The molecule has 0 N–H and O–H groups in total. The summed E-state index contributed by atoms with van der Waals surface area (Å²) in [6.45, 7) is 0. The van der Waals surface area contributed by atoms with Gasteiger partial charge in [-0.25, -0.2) is 0 Å². The molecule has 0 bridgehead atoms. The monoisotopic (exact) mass is 818 g/mol. The molecule has 0 amide bonds. The maximum Gasteiger partial charge on any atom is 0.179 e. The lowest BCUT2D eigenvalue weighted by molar-refractivity contribution is 1.13. The lowest BCUT2D eigenvalue weighted by Crippen LogP contribution is -2.74. The highest BCUT2D eigenvalue weighted by atomic mass is 28.3. The molecular weight excluding hydrogens is 777 g/mol. The second-order valence-electron chi connectivity index (χ2n) is 16.5. The van der Waals surface area contributed by atoms with Crippen LogP contribution in [0.2, 0.25) is 0 Å². The first-order valence-electron chi connectivity index (χ1n) is 21.8. The molecule has 2 aromatic heterocycles. The number of nitrogens with zero attached hydrogens (tertiary/aromatic N) is 2. The molecule has 0 unspecified atom stereocenters. The summed E-state index contributed by atoms with van der Waals surface area (Å²) >= 11 is 0. The Kier molecular flexibility index (Phi) is 8.87. The van der Waals surface area contributed by atoms with Crippen molar-refractivity contribution in [1.29, 1.82) is 0 Å².